The van der Waals surface area contributed by atoms with E-state index in [0.717, 1.165) is 25.4 Å². The molecule has 0 bridgehead atoms. The van der Waals surface area contributed by atoms with Crippen LogP contribution in [0.4, 0.5) is 0 Å². The minimum Gasteiger partial charge on any atom is -0.493 e. The lowest BCUT2D eigenvalue weighted by molar-refractivity contribution is 0.233. The molecule has 1 unspecified atom stereocenters. The van der Waals surface area contributed by atoms with Gasteiger partial charge in [-0.05, 0) is 43.0 Å². The van der Waals surface area contributed by atoms with Gasteiger partial charge < -0.3 is 10.1 Å². The van der Waals surface area contributed by atoms with Crippen molar-refractivity contribution >= 4 is 0 Å². The zero-order valence-corrected chi connectivity index (χ0v) is 13.5. The molecule has 0 saturated heterocycles. The van der Waals surface area contributed by atoms with Gasteiger partial charge >= 0.3 is 0 Å². The maximum Gasteiger partial charge on any atom is 0.119 e. The Labute approximate surface area is 124 Å². The molecule has 2 heteroatoms. The Morgan fingerprint density at radius 1 is 1.15 bits per heavy atom. The second-order valence-electron chi connectivity index (χ2n) is 5.55. The highest BCUT2D eigenvalue weighted by atomic mass is 16.5. The van der Waals surface area contributed by atoms with E-state index in [1.807, 2.05) is 0 Å². The third-order valence-corrected chi connectivity index (χ3v) is 3.68. The van der Waals surface area contributed by atoms with Gasteiger partial charge in [0.1, 0.15) is 5.75 Å². The monoisotopic (exact) mass is 277 g/mol. The molecule has 0 aliphatic carbocycles. The van der Waals surface area contributed by atoms with Crippen molar-refractivity contribution in [3.8, 4) is 5.75 Å². The quantitative estimate of drug-likeness (QED) is 0.588. The number of benzene rings is 1. The summed E-state index contributed by atoms with van der Waals surface area (Å²) in [6.45, 7) is 9.54. The van der Waals surface area contributed by atoms with Crippen LogP contribution < -0.4 is 10.1 Å². The first-order chi connectivity index (χ1) is 9.80. The molecule has 1 atom stereocenters. The summed E-state index contributed by atoms with van der Waals surface area (Å²) in [6.07, 6.45) is 6.24. The smallest absolute Gasteiger partial charge is 0.119 e. The molecule has 1 aromatic rings. The normalized spacial score (nSPS) is 12.3. The molecule has 1 aromatic carbocycles. The highest BCUT2D eigenvalue weighted by Gasteiger charge is 2.07. The first-order valence-electron chi connectivity index (χ1n) is 8.22. The second kappa shape index (κ2) is 10.7. The summed E-state index contributed by atoms with van der Waals surface area (Å²) in [5, 5.41) is 3.43. The van der Waals surface area contributed by atoms with Crippen LogP contribution >= 0.6 is 0 Å². The zero-order valence-electron chi connectivity index (χ0n) is 13.5. The van der Waals surface area contributed by atoms with Gasteiger partial charge in [0.05, 0.1) is 6.61 Å². The van der Waals surface area contributed by atoms with Crippen molar-refractivity contribution in [1.29, 1.82) is 0 Å². The number of unbranched alkanes of at least 4 members (excludes halogenated alkanes) is 1. The topological polar surface area (TPSA) is 21.3 Å². The number of rotatable bonds is 11. The van der Waals surface area contributed by atoms with Crippen LogP contribution in [-0.4, -0.2) is 13.2 Å². The molecule has 0 aromatic heterocycles. The van der Waals surface area contributed by atoms with Gasteiger partial charge in [-0.2, -0.15) is 0 Å². The molecule has 20 heavy (non-hydrogen) atoms. The SMILES string of the molecule is CCCCC(CC)COc1cccc(CNCCC)c1. The fraction of sp³-hybridized carbons (Fsp3) is 0.667. The van der Waals surface area contributed by atoms with E-state index in [9.17, 15) is 0 Å². The van der Waals surface area contributed by atoms with Crippen molar-refractivity contribution < 1.29 is 4.74 Å². The lowest BCUT2D eigenvalue weighted by Gasteiger charge is -2.16. The maximum absolute atomic E-state index is 5.98. The van der Waals surface area contributed by atoms with Crippen molar-refractivity contribution in [2.75, 3.05) is 13.2 Å². The highest BCUT2D eigenvalue weighted by molar-refractivity contribution is 5.28. The van der Waals surface area contributed by atoms with Gasteiger partial charge in [0.15, 0.2) is 0 Å². The molecule has 0 fully saturated rings. The van der Waals surface area contributed by atoms with E-state index >= 15 is 0 Å². The number of hydrogen-bond acceptors (Lipinski definition) is 2. The van der Waals surface area contributed by atoms with E-state index in [0.29, 0.717) is 5.92 Å². The van der Waals surface area contributed by atoms with E-state index in [1.165, 1.54) is 37.7 Å². The van der Waals surface area contributed by atoms with Crippen LogP contribution in [0.15, 0.2) is 24.3 Å². The van der Waals surface area contributed by atoms with Crippen molar-refractivity contribution in [3.05, 3.63) is 29.8 Å². The molecule has 0 saturated carbocycles. The largest absolute Gasteiger partial charge is 0.493 e. The van der Waals surface area contributed by atoms with Crippen molar-refractivity contribution in [2.24, 2.45) is 5.92 Å². The average Bonchev–Trinajstić information content (AvgIpc) is 2.48. The van der Waals surface area contributed by atoms with Crippen molar-refractivity contribution in [1.82, 2.24) is 5.32 Å². The summed E-state index contributed by atoms with van der Waals surface area (Å²) in [4.78, 5) is 0. The van der Waals surface area contributed by atoms with Crippen LogP contribution in [0.5, 0.6) is 5.75 Å². The van der Waals surface area contributed by atoms with Gasteiger partial charge in [0.25, 0.3) is 0 Å². The van der Waals surface area contributed by atoms with E-state index < -0.39 is 0 Å². The summed E-state index contributed by atoms with van der Waals surface area (Å²) in [7, 11) is 0. The third-order valence-electron chi connectivity index (χ3n) is 3.68. The summed E-state index contributed by atoms with van der Waals surface area (Å²) < 4.78 is 5.98. The Balaban J connectivity index is 2.40. The van der Waals surface area contributed by atoms with Gasteiger partial charge in [0.2, 0.25) is 0 Å². The van der Waals surface area contributed by atoms with Crippen LogP contribution in [0.25, 0.3) is 0 Å². The molecule has 0 radical (unpaired) electrons. The van der Waals surface area contributed by atoms with Crippen LogP contribution in [-0.2, 0) is 6.54 Å². The van der Waals surface area contributed by atoms with Crippen LogP contribution in [0.1, 0.15) is 58.4 Å². The van der Waals surface area contributed by atoms with Crippen LogP contribution in [0, 0.1) is 5.92 Å². The Morgan fingerprint density at radius 3 is 2.70 bits per heavy atom. The molecule has 0 heterocycles. The molecule has 0 spiro atoms. The van der Waals surface area contributed by atoms with Gasteiger partial charge in [0, 0.05) is 6.54 Å². The lowest BCUT2D eigenvalue weighted by Crippen LogP contribution is -2.14. The fourth-order valence-electron chi connectivity index (χ4n) is 2.27. The van der Waals surface area contributed by atoms with Gasteiger partial charge in [-0.3, -0.25) is 0 Å². The van der Waals surface area contributed by atoms with E-state index in [4.69, 9.17) is 4.74 Å². The molecule has 1 rings (SSSR count). The average molecular weight is 277 g/mol. The fourth-order valence-corrected chi connectivity index (χ4v) is 2.27. The molecule has 2 nitrogen and oxygen atoms in total. The van der Waals surface area contributed by atoms with Gasteiger partial charge in [-0.15, -0.1) is 0 Å². The molecule has 0 aliphatic heterocycles. The van der Waals surface area contributed by atoms with Crippen molar-refractivity contribution in [2.45, 2.75) is 59.4 Å². The van der Waals surface area contributed by atoms with Gasteiger partial charge in [-0.1, -0.05) is 52.2 Å². The molecule has 0 aliphatic rings. The van der Waals surface area contributed by atoms with Crippen LogP contribution in [0.3, 0.4) is 0 Å². The minimum atomic E-state index is 0.692. The van der Waals surface area contributed by atoms with E-state index in [-0.39, 0.29) is 0 Å². The first kappa shape index (κ1) is 17.0. The van der Waals surface area contributed by atoms with E-state index in [1.54, 1.807) is 0 Å². The first-order valence-corrected chi connectivity index (χ1v) is 8.22. The standard InChI is InChI=1S/C18H31NO/c1-4-7-9-16(6-3)15-20-18-11-8-10-17(13-18)14-19-12-5-2/h8,10-11,13,16,19H,4-7,9,12,14-15H2,1-3H3. The summed E-state index contributed by atoms with van der Waals surface area (Å²) in [6, 6.07) is 8.47. The maximum atomic E-state index is 5.98. The lowest BCUT2D eigenvalue weighted by atomic mass is 10.0. The van der Waals surface area contributed by atoms with E-state index in [2.05, 4.69) is 50.4 Å². The molecule has 114 valence electrons. The van der Waals surface area contributed by atoms with Crippen molar-refractivity contribution in [3.63, 3.8) is 0 Å². The molecular weight excluding hydrogens is 246 g/mol. The number of hydrogen-bond donors (Lipinski definition) is 1. The predicted octanol–water partition coefficient (Wildman–Crippen LogP) is 4.78. The predicted molar refractivity (Wildman–Crippen MR) is 87.2 cm³/mol. The van der Waals surface area contributed by atoms with Crippen LogP contribution in [0.2, 0.25) is 0 Å². The number of ether oxygens (including phenoxy) is 1. The molecular formula is C18H31NO. The Morgan fingerprint density at radius 2 is 2.00 bits per heavy atom. The third kappa shape index (κ3) is 6.95. The molecule has 1 N–H and O–H groups in total. The Bertz CT molecular complexity index is 351. The Kier molecular flexibility index (Phi) is 9.14. The summed E-state index contributed by atoms with van der Waals surface area (Å²) in [5.41, 5.74) is 1.30. The summed E-state index contributed by atoms with van der Waals surface area (Å²) in [5.74, 6) is 1.70. The summed E-state index contributed by atoms with van der Waals surface area (Å²) >= 11 is 0. The molecule has 0 amide bonds. The Hall–Kier alpha value is -1.02. The van der Waals surface area contributed by atoms with Gasteiger partial charge in [-0.25, -0.2) is 0 Å². The highest BCUT2D eigenvalue weighted by Crippen LogP contribution is 2.18. The number of nitrogens with one attached hydrogen (secondary N) is 1. The minimum absolute atomic E-state index is 0.692. The zero-order chi connectivity index (χ0) is 14.6. The second-order valence-corrected chi connectivity index (χ2v) is 5.55.